The highest BCUT2D eigenvalue weighted by Crippen LogP contribution is 2.36. The normalized spacial score (nSPS) is 10.5. The largest absolute Gasteiger partial charge is 0.493 e. The van der Waals surface area contributed by atoms with E-state index in [0.29, 0.717) is 0 Å². The highest BCUT2D eigenvalue weighted by atomic mass is 79.9. The first-order valence-corrected chi connectivity index (χ1v) is 7.60. The molecule has 0 aliphatic rings. The Morgan fingerprint density at radius 1 is 1.05 bits per heavy atom. The van der Waals surface area contributed by atoms with Crippen LogP contribution in [0.2, 0.25) is 0 Å². The molecule has 4 heteroatoms. The predicted molar refractivity (Wildman–Crippen MR) is 89.0 cm³/mol. The third-order valence-corrected chi connectivity index (χ3v) is 3.99. The molecule has 0 radical (unpaired) electrons. The Morgan fingerprint density at radius 3 is 2.48 bits per heavy atom. The van der Waals surface area contributed by atoms with Gasteiger partial charge in [0.15, 0.2) is 11.5 Å². The van der Waals surface area contributed by atoms with E-state index in [0.717, 1.165) is 34.6 Å². The van der Waals surface area contributed by atoms with Gasteiger partial charge in [0.2, 0.25) is 0 Å². The lowest BCUT2D eigenvalue weighted by Crippen LogP contribution is -2.13. The summed E-state index contributed by atoms with van der Waals surface area (Å²) in [4.78, 5) is 0. The average Bonchev–Trinajstić information content (AvgIpc) is 2.48. The Labute approximate surface area is 134 Å². The molecule has 112 valence electrons. The summed E-state index contributed by atoms with van der Waals surface area (Å²) in [6, 6.07) is 12.4. The van der Waals surface area contributed by atoms with Crippen LogP contribution in [0.5, 0.6) is 11.5 Å². The zero-order chi connectivity index (χ0) is 15.2. The summed E-state index contributed by atoms with van der Waals surface area (Å²) in [6.07, 6.45) is 0. The highest BCUT2D eigenvalue weighted by molar-refractivity contribution is 9.10. The van der Waals surface area contributed by atoms with E-state index in [1.54, 1.807) is 14.2 Å². The van der Waals surface area contributed by atoms with E-state index < -0.39 is 0 Å². The maximum Gasteiger partial charge on any atom is 0.174 e. The van der Waals surface area contributed by atoms with Gasteiger partial charge in [0.1, 0.15) is 0 Å². The van der Waals surface area contributed by atoms with Gasteiger partial charge in [-0.05, 0) is 51.7 Å². The summed E-state index contributed by atoms with van der Waals surface area (Å²) in [7, 11) is 3.29. The van der Waals surface area contributed by atoms with Crippen molar-refractivity contribution in [2.24, 2.45) is 0 Å². The molecule has 0 heterocycles. The topological polar surface area (TPSA) is 30.5 Å². The quantitative estimate of drug-likeness (QED) is 0.852. The smallest absolute Gasteiger partial charge is 0.174 e. The Balaban J connectivity index is 2.04. The first kappa shape index (κ1) is 15.9. The molecule has 0 atom stereocenters. The van der Waals surface area contributed by atoms with E-state index >= 15 is 0 Å². The maximum absolute atomic E-state index is 5.36. The number of halogens is 1. The molecule has 1 N–H and O–H groups in total. The standard InChI is InChI=1S/C17H20BrNO2/c1-12-6-4-5-7-14(12)11-19-10-13-8-15(18)17(21-3)16(9-13)20-2/h4-9,19H,10-11H2,1-3H3. The van der Waals surface area contributed by atoms with E-state index in [1.807, 2.05) is 12.1 Å². The SMILES string of the molecule is COc1cc(CNCc2ccccc2C)cc(Br)c1OC. The molecule has 0 aliphatic heterocycles. The van der Waals surface area contributed by atoms with Crippen LogP contribution in [-0.2, 0) is 13.1 Å². The fourth-order valence-electron chi connectivity index (χ4n) is 2.22. The number of rotatable bonds is 6. The fraction of sp³-hybridized carbons (Fsp3) is 0.294. The molecule has 2 aromatic carbocycles. The lowest BCUT2D eigenvalue weighted by Gasteiger charge is -2.13. The van der Waals surface area contributed by atoms with Crippen LogP contribution < -0.4 is 14.8 Å². The Hall–Kier alpha value is -1.52. The summed E-state index contributed by atoms with van der Waals surface area (Å²) < 4.78 is 11.6. The third-order valence-electron chi connectivity index (χ3n) is 3.40. The van der Waals surface area contributed by atoms with Gasteiger partial charge in [-0.3, -0.25) is 0 Å². The second kappa shape index (κ2) is 7.48. The van der Waals surface area contributed by atoms with E-state index in [4.69, 9.17) is 9.47 Å². The minimum atomic E-state index is 0.722. The van der Waals surface area contributed by atoms with Crippen LogP contribution in [-0.4, -0.2) is 14.2 Å². The van der Waals surface area contributed by atoms with Crippen LogP contribution in [0.4, 0.5) is 0 Å². The molecular weight excluding hydrogens is 330 g/mol. The highest BCUT2D eigenvalue weighted by Gasteiger charge is 2.10. The van der Waals surface area contributed by atoms with Gasteiger partial charge < -0.3 is 14.8 Å². The van der Waals surface area contributed by atoms with Gasteiger partial charge in [-0.15, -0.1) is 0 Å². The number of nitrogens with one attached hydrogen (secondary N) is 1. The molecule has 0 amide bonds. The minimum Gasteiger partial charge on any atom is -0.493 e. The molecule has 0 fully saturated rings. The average molecular weight is 350 g/mol. The molecule has 21 heavy (non-hydrogen) atoms. The number of hydrogen-bond acceptors (Lipinski definition) is 3. The van der Waals surface area contributed by atoms with Crippen molar-refractivity contribution in [3.63, 3.8) is 0 Å². The van der Waals surface area contributed by atoms with Crippen LogP contribution in [0.15, 0.2) is 40.9 Å². The summed E-state index contributed by atoms with van der Waals surface area (Å²) in [6.45, 7) is 3.75. The summed E-state index contributed by atoms with van der Waals surface area (Å²) in [5.74, 6) is 1.46. The van der Waals surface area contributed by atoms with E-state index in [1.165, 1.54) is 11.1 Å². The van der Waals surface area contributed by atoms with Gasteiger partial charge in [-0.25, -0.2) is 0 Å². The van der Waals surface area contributed by atoms with Gasteiger partial charge in [-0.2, -0.15) is 0 Å². The molecule has 0 unspecified atom stereocenters. The zero-order valence-corrected chi connectivity index (χ0v) is 14.2. The summed E-state index contributed by atoms with van der Waals surface area (Å²) in [5.41, 5.74) is 3.77. The van der Waals surface area contributed by atoms with Crippen LogP contribution in [0.1, 0.15) is 16.7 Å². The van der Waals surface area contributed by atoms with Crippen molar-refractivity contribution in [3.05, 3.63) is 57.6 Å². The number of hydrogen-bond donors (Lipinski definition) is 1. The van der Waals surface area contributed by atoms with E-state index in [-0.39, 0.29) is 0 Å². The molecular formula is C17H20BrNO2. The van der Waals surface area contributed by atoms with Gasteiger partial charge >= 0.3 is 0 Å². The van der Waals surface area contributed by atoms with Crippen molar-refractivity contribution in [1.82, 2.24) is 5.32 Å². The monoisotopic (exact) mass is 349 g/mol. The summed E-state index contributed by atoms with van der Waals surface area (Å²) >= 11 is 3.51. The van der Waals surface area contributed by atoms with Gasteiger partial charge in [-0.1, -0.05) is 24.3 Å². The lowest BCUT2D eigenvalue weighted by molar-refractivity contribution is 0.352. The van der Waals surface area contributed by atoms with Gasteiger partial charge in [0.25, 0.3) is 0 Å². The van der Waals surface area contributed by atoms with Gasteiger partial charge in [0.05, 0.1) is 18.7 Å². The first-order chi connectivity index (χ1) is 10.2. The van der Waals surface area contributed by atoms with Crippen LogP contribution in [0.25, 0.3) is 0 Å². The van der Waals surface area contributed by atoms with E-state index in [2.05, 4.69) is 52.4 Å². The Kier molecular flexibility index (Phi) is 5.65. The number of aryl methyl sites for hydroxylation is 1. The molecule has 0 bridgehead atoms. The number of benzene rings is 2. The van der Waals surface area contributed by atoms with Crippen molar-refractivity contribution in [1.29, 1.82) is 0 Å². The predicted octanol–water partition coefficient (Wildman–Crippen LogP) is 4.06. The third kappa shape index (κ3) is 3.99. The molecule has 3 nitrogen and oxygen atoms in total. The van der Waals surface area contributed by atoms with Crippen molar-refractivity contribution in [2.75, 3.05) is 14.2 Å². The molecule has 0 aliphatic carbocycles. The second-order valence-corrected chi connectivity index (χ2v) is 5.70. The molecule has 0 aromatic heterocycles. The Bertz CT molecular complexity index is 614. The summed E-state index contributed by atoms with van der Waals surface area (Å²) in [5, 5.41) is 3.46. The first-order valence-electron chi connectivity index (χ1n) is 6.81. The van der Waals surface area contributed by atoms with Gasteiger partial charge in [0, 0.05) is 13.1 Å². The fourth-order valence-corrected chi connectivity index (χ4v) is 2.87. The molecule has 2 rings (SSSR count). The molecule has 2 aromatic rings. The molecule has 0 spiro atoms. The molecule has 0 saturated carbocycles. The minimum absolute atomic E-state index is 0.722. The van der Waals surface area contributed by atoms with Crippen LogP contribution in [0.3, 0.4) is 0 Å². The Morgan fingerprint density at radius 2 is 1.81 bits per heavy atom. The number of methoxy groups -OCH3 is 2. The number of ether oxygens (including phenoxy) is 2. The van der Waals surface area contributed by atoms with Crippen LogP contribution >= 0.6 is 15.9 Å². The lowest BCUT2D eigenvalue weighted by atomic mass is 10.1. The van der Waals surface area contributed by atoms with Crippen molar-refractivity contribution < 1.29 is 9.47 Å². The zero-order valence-electron chi connectivity index (χ0n) is 12.6. The van der Waals surface area contributed by atoms with E-state index in [9.17, 15) is 0 Å². The maximum atomic E-state index is 5.36. The van der Waals surface area contributed by atoms with Crippen LogP contribution in [0, 0.1) is 6.92 Å². The molecule has 0 saturated heterocycles. The second-order valence-electron chi connectivity index (χ2n) is 4.84. The van der Waals surface area contributed by atoms with Crippen molar-refractivity contribution in [2.45, 2.75) is 20.0 Å². The van der Waals surface area contributed by atoms with Crippen molar-refractivity contribution in [3.8, 4) is 11.5 Å². The van der Waals surface area contributed by atoms with Crippen molar-refractivity contribution >= 4 is 15.9 Å².